The molecule has 4 nitrogen and oxygen atoms in total. The van der Waals surface area contributed by atoms with Gasteiger partial charge in [0.15, 0.2) is 0 Å². The standard InChI is InChI=1S/C24H26N2O2S/c1-16-4-6-19(7-5-16)24(27)26(21-8-9-21)13-20-15-29-23(25-20)14-28-22-11-17(2)10-18(3)12-22/h4-7,10-12,15,21H,8-9,13-14H2,1-3H3. The summed E-state index contributed by atoms with van der Waals surface area (Å²) in [6.07, 6.45) is 2.15. The van der Waals surface area contributed by atoms with E-state index in [4.69, 9.17) is 9.72 Å². The number of amides is 1. The average Bonchev–Trinajstić information content (AvgIpc) is 3.43. The predicted molar refractivity (Wildman–Crippen MR) is 116 cm³/mol. The summed E-state index contributed by atoms with van der Waals surface area (Å²) in [5, 5.41) is 2.97. The summed E-state index contributed by atoms with van der Waals surface area (Å²) in [6.45, 7) is 7.17. The van der Waals surface area contributed by atoms with E-state index in [1.165, 1.54) is 11.1 Å². The van der Waals surface area contributed by atoms with E-state index in [2.05, 4.69) is 19.9 Å². The summed E-state index contributed by atoms with van der Waals surface area (Å²) in [5.41, 5.74) is 5.22. The van der Waals surface area contributed by atoms with Gasteiger partial charge in [-0.15, -0.1) is 11.3 Å². The Morgan fingerprint density at radius 2 is 1.76 bits per heavy atom. The van der Waals surface area contributed by atoms with Crippen LogP contribution in [-0.4, -0.2) is 21.8 Å². The van der Waals surface area contributed by atoms with Crippen LogP contribution in [0.4, 0.5) is 0 Å². The first-order valence-electron chi connectivity index (χ1n) is 10.00. The molecule has 0 bridgehead atoms. The SMILES string of the molecule is Cc1ccc(C(=O)N(Cc2csc(COc3cc(C)cc(C)c3)n2)C2CC2)cc1. The van der Waals surface area contributed by atoms with Crippen LogP contribution in [0, 0.1) is 20.8 Å². The molecule has 1 aliphatic carbocycles. The molecule has 0 saturated heterocycles. The summed E-state index contributed by atoms with van der Waals surface area (Å²) < 4.78 is 5.93. The van der Waals surface area contributed by atoms with Crippen molar-refractivity contribution in [3.8, 4) is 5.75 Å². The maximum atomic E-state index is 13.0. The van der Waals surface area contributed by atoms with Crippen LogP contribution in [-0.2, 0) is 13.2 Å². The lowest BCUT2D eigenvalue weighted by Gasteiger charge is -2.21. The van der Waals surface area contributed by atoms with Crippen molar-refractivity contribution in [2.24, 2.45) is 0 Å². The number of thiazole rings is 1. The second kappa shape index (κ2) is 8.37. The van der Waals surface area contributed by atoms with Crippen molar-refractivity contribution in [3.05, 3.63) is 80.8 Å². The van der Waals surface area contributed by atoms with Gasteiger partial charge >= 0.3 is 0 Å². The molecule has 0 spiro atoms. The van der Waals surface area contributed by atoms with E-state index in [-0.39, 0.29) is 5.91 Å². The summed E-state index contributed by atoms with van der Waals surface area (Å²) in [4.78, 5) is 19.7. The molecular weight excluding hydrogens is 380 g/mol. The number of benzene rings is 2. The third kappa shape index (κ3) is 5.04. The number of ether oxygens (including phenoxy) is 1. The number of hydrogen-bond acceptors (Lipinski definition) is 4. The molecule has 0 atom stereocenters. The molecule has 1 saturated carbocycles. The molecule has 4 rings (SSSR count). The van der Waals surface area contributed by atoms with Gasteiger partial charge in [-0.3, -0.25) is 4.79 Å². The van der Waals surface area contributed by atoms with Gasteiger partial charge in [0.25, 0.3) is 5.91 Å². The first kappa shape index (κ1) is 19.6. The molecule has 1 aromatic heterocycles. The number of aromatic nitrogens is 1. The van der Waals surface area contributed by atoms with Crippen molar-refractivity contribution < 1.29 is 9.53 Å². The Bertz CT molecular complexity index is 986. The zero-order chi connectivity index (χ0) is 20.4. The van der Waals surface area contributed by atoms with Crippen LogP contribution >= 0.6 is 11.3 Å². The van der Waals surface area contributed by atoms with Gasteiger partial charge in [-0.05, 0) is 69.0 Å². The minimum absolute atomic E-state index is 0.0912. The van der Waals surface area contributed by atoms with Crippen molar-refractivity contribution in [2.75, 3.05) is 0 Å². The zero-order valence-corrected chi connectivity index (χ0v) is 18.0. The Hall–Kier alpha value is -2.66. The third-order valence-electron chi connectivity index (χ3n) is 5.04. The van der Waals surface area contributed by atoms with Crippen LogP contribution in [0.1, 0.15) is 50.6 Å². The summed E-state index contributed by atoms with van der Waals surface area (Å²) in [7, 11) is 0. The number of rotatable bonds is 7. The van der Waals surface area contributed by atoms with Crippen LogP contribution in [0.3, 0.4) is 0 Å². The molecule has 2 aromatic carbocycles. The fourth-order valence-electron chi connectivity index (χ4n) is 3.44. The highest BCUT2D eigenvalue weighted by Gasteiger charge is 2.33. The number of carbonyl (C=O) groups excluding carboxylic acids is 1. The van der Waals surface area contributed by atoms with Crippen LogP contribution in [0.5, 0.6) is 5.75 Å². The van der Waals surface area contributed by atoms with Crippen molar-refractivity contribution in [1.29, 1.82) is 0 Å². The summed E-state index contributed by atoms with van der Waals surface area (Å²) in [6, 6.07) is 14.3. The largest absolute Gasteiger partial charge is 0.486 e. The van der Waals surface area contributed by atoms with Crippen molar-refractivity contribution in [2.45, 2.75) is 52.8 Å². The van der Waals surface area contributed by atoms with E-state index < -0.39 is 0 Å². The normalized spacial score (nSPS) is 13.3. The highest BCUT2D eigenvalue weighted by atomic mass is 32.1. The molecule has 1 amide bonds. The minimum atomic E-state index is 0.0912. The van der Waals surface area contributed by atoms with Crippen LogP contribution in [0.2, 0.25) is 0 Å². The highest BCUT2D eigenvalue weighted by molar-refractivity contribution is 7.09. The molecule has 1 aliphatic rings. The van der Waals surface area contributed by atoms with Gasteiger partial charge in [-0.25, -0.2) is 4.98 Å². The second-order valence-electron chi connectivity index (χ2n) is 7.87. The van der Waals surface area contributed by atoms with E-state index in [1.807, 2.05) is 53.6 Å². The molecule has 1 heterocycles. The topological polar surface area (TPSA) is 42.4 Å². The highest BCUT2D eigenvalue weighted by Crippen LogP contribution is 2.30. The fourth-order valence-corrected chi connectivity index (χ4v) is 4.13. The number of carbonyl (C=O) groups is 1. The summed E-state index contributed by atoms with van der Waals surface area (Å²) >= 11 is 1.59. The smallest absolute Gasteiger partial charge is 0.254 e. The van der Waals surface area contributed by atoms with Gasteiger partial charge in [0, 0.05) is 17.0 Å². The maximum Gasteiger partial charge on any atom is 0.254 e. The molecule has 1 fully saturated rings. The molecule has 29 heavy (non-hydrogen) atoms. The lowest BCUT2D eigenvalue weighted by Crippen LogP contribution is -2.32. The Labute approximate surface area is 176 Å². The monoisotopic (exact) mass is 406 g/mol. The summed E-state index contributed by atoms with van der Waals surface area (Å²) in [5.74, 6) is 0.960. The third-order valence-corrected chi connectivity index (χ3v) is 5.91. The molecule has 0 radical (unpaired) electrons. The maximum absolute atomic E-state index is 13.0. The molecule has 0 unspecified atom stereocenters. The first-order valence-corrected chi connectivity index (χ1v) is 10.9. The van der Waals surface area contributed by atoms with Crippen LogP contribution in [0.15, 0.2) is 47.8 Å². The quantitative estimate of drug-likeness (QED) is 0.524. The van der Waals surface area contributed by atoms with E-state index in [9.17, 15) is 4.79 Å². The van der Waals surface area contributed by atoms with E-state index in [0.717, 1.165) is 40.4 Å². The van der Waals surface area contributed by atoms with E-state index >= 15 is 0 Å². The Morgan fingerprint density at radius 3 is 2.41 bits per heavy atom. The average molecular weight is 407 g/mol. The molecule has 3 aromatic rings. The molecule has 0 N–H and O–H groups in total. The Morgan fingerprint density at radius 1 is 1.07 bits per heavy atom. The van der Waals surface area contributed by atoms with E-state index in [0.29, 0.717) is 19.2 Å². The fraction of sp³-hybridized carbons (Fsp3) is 0.333. The Balaban J connectivity index is 1.41. The number of hydrogen-bond donors (Lipinski definition) is 0. The van der Waals surface area contributed by atoms with Crippen molar-refractivity contribution in [1.82, 2.24) is 9.88 Å². The van der Waals surface area contributed by atoms with Crippen molar-refractivity contribution >= 4 is 17.2 Å². The van der Waals surface area contributed by atoms with Crippen molar-refractivity contribution in [3.63, 3.8) is 0 Å². The number of aryl methyl sites for hydroxylation is 3. The Kier molecular flexibility index (Phi) is 5.67. The molecule has 5 heteroatoms. The van der Waals surface area contributed by atoms with E-state index in [1.54, 1.807) is 11.3 Å². The van der Waals surface area contributed by atoms with Gasteiger partial charge in [-0.1, -0.05) is 23.8 Å². The second-order valence-corrected chi connectivity index (χ2v) is 8.82. The van der Waals surface area contributed by atoms with Gasteiger partial charge in [-0.2, -0.15) is 0 Å². The molecule has 150 valence electrons. The van der Waals surface area contributed by atoms with Crippen LogP contribution in [0.25, 0.3) is 0 Å². The first-order chi connectivity index (χ1) is 14.0. The van der Waals surface area contributed by atoms with Gasteiger partial charge in [0.05, 0.1) is 12.2 Å². The molecular formula is C24H26N2O2S. The minimum Gasteiger partial charge on any atom is -0.486 e. The predicted octanol–water partition coefficient (Wildman–Crippen LogP) is 5.45. The molecule has 0 aliphatic heterocycles. The lowest BCUT2D eigenvalue weighted by molar-refractivity contribution is 0.0728. The van der Waals surface area contributed by atoms with Gasteiger partial charge in [0.1, 0.15) is 17.4 Å². The van der Waals surface area contributed by atoms with Crippen LogP contribution < -0.4 is 4.74 Å². The number of nitrogens with zero attached hydrogens (tertiary/aromatic N) is 2. The van der Waals surface area contributed by atoms with Gasteiger partial charge in [0.2, 0.25) is 0 Å². The lowest BCUT2D eigenvalue weighted by atomic mass is 10.1. The zero-order valence-electron chi connectivity index (χ0n) is 17.1. The van der Waals surface area contributed by atoms with Gasteiger partial charge < -0.3 is 9.64 Å².